The average Bonchev–Trinajstić information content (AvgIpc) is 2.73. The van der Waals surface area contributed by atoms with E-state index in [0.29, 0.717) is 11.3 Å². The fourth-order valence-corrected chi connectivity index (χ4v) is 3.26. The van der Waals surface area contributed by atoms with Crippen molar-refractivity contribution >= 4 is 29.3 Å². The monoisotopic (exact) mass is 391 g/mol. The fraction of sp³-hybridized carbons (Fsp3) is 0.130. The Morgan fingerprint density at radius 3 is 2.18 bits per heavy atom. The van der Waals surface area contributed by atoms with Gasteiger partial charge in [-0.1, -0.05) is 35.9 Å². The number of amides is 1. The molecular weight excluding hydrogens is 370 g/mol. The summed E-state index contributed by atoms with van der Waals surface area (Å²) in [6.07, 6.45) is 0. The molecule has 0 saturated heterocycles. The van der Waals surface area contributed by atoms with Crippen molar-refractivity contribution < 1.29 is 14.3 Å². The number of aryl methyl sites for hydroxylation is 1. The molecule has 3 aromatic rings. The van der Waals surface area contributed by atoms with Gasteiger partial charge in [-0.15, -0.1) is 11.8 Å². The Morgan fingerprint density at radius 2 is 1.54 bits per heavy atom. The number of hydrogen-bond acceptors (Lipinski definition) is 4. The van der Waals surface area contributed by atoms with E-state index in [1.807, 2.05) is 61.5 Å². The van der Waals surface area contributed by atoms with Crippen molar-refractivity contribution in [1.82, 2.24) is 0 Å². The molecule has 0 aliphatic rings. The SMILES string of the molecule is Cc1ccc(C(=O)N(C)c2ccc(OC(=O)CSc3ccccc3)cc2)cc1. The zero-order chi connectivity index (χ0) is 19.9. The first-order valence-corrected chi connectivity index (χ1v) is 9.85. The first kappa shape index (κ1) is 19.7. The minimum atomic E-state index is -0.314. The predicted octanol–water partition coefficient (Wildman–Crippen LogP) is 4.97. The van der Waals surface area contributed by atoms with Crippen LogP contribution in [0.25, 0.3) is 0 Å². The topological polar surface area (TPSA) is 46.6 Å². The molecule has 142 valence electrons. The first-order valence-electron chi connectivity index (χ1n) is 8.86. The molecule has 0 aromatic heterocycles. The molecule has 0 fully saturated rings. The van der Waals surface area contributed by atoms with E-state index in [-0.39, 0.29) is 17.6 Å². The lowest BCUT2D eigenvalue weighted by Crippen LogP contribution is -2.26. The van der Waals surface area contributed by atoms with E-state index in [1.54, 1.807) is 36.2 Å². The fourth-order valence-electron chi connectivity index (χ4n) is 2.56. The summed E-state index contributed by atoms with van der Waals surface area (Å²) in [6, 6.07) is 24.1. The minimum absolute atomic E-state index is 0.0935. The number of carbonyl (C=O) groups is 2. The van der Waals surface area contributed by atoms with Crippen LogP contribution in [0.4, 0.5) is 5.69 Å². The minimum Gasteiger partial charge on any atom is -0.426 e. The Morgan fingerprint density at radius 1 is 0.893 bits per heavy atom. The van der Waals surface area contributed by atoms with Crippen LogP contribution in [0, 0.1) is 6.92 Å². The molecule has 0 bridgehead atoms. The molecule has 0 saturated carbocycles. The number of nitrogens with zero attached hydrogens (tertiary/aromatic N) is 1. The van der Waals surface area contributed by atoms with Gasteiger partial charge in [-0.25, -0.2) is 0 Å². The Kier molecular flexibility index (Phi) is 6.50. The van der Waals surface area contributed by atoms with Crippen molar-refractivity contribution in [3.05, 3.63) is 90.0 Å². The van der Waals surface area contributed by atoms with Gasteiger partial charge in [0.05, 0.1) is 5.75 Å². The van der Waals surface area contributed by atoms with Crippen LogP contribution in [-0.4, -0.2) is 24.7 Å². The van der Waals surface area contributed by atoms with Crippen LogP contribution >= 0.6 is 11.8 Å². The molecule has 28 heavy (non-hydrogen) atoms. The van der Waals surface area contributed by atoms with Crippen LogP contribution in [0.5, 0.6) is 5.75 Å². The summed E-state index contributed by atoms with van der Waals surface area (Å²) >= 11 is 1.43. The lowest BCUT2D eigenvalue weighted by molar-refractivity contribution is -0.131. The van der Waals surface area contributed by atoms with E-state index < -0.39 is 0 Å². The van der Waals surface area contributed by atoms with Crippen molar-refractivity contribution in [2.75, 3.05) is 17.7 Å². The number of anilines is 1. The molecule has 5 heteroatoms. The molecule has 0 radical (unpaired) electrons. The van der Waals surface area contributed by atoms with Crippen LogP contribution < -0.4 is 9.64 Å². The number of carbonyl (C=O) groups excluding carboxylic acids is 2. The average molecular weight is 391 g/mol. The summed E-state index contributed by atoms with van der Waals surface area (Å²) < 4.78 is 5.37. The highest BCUT2D eigenvalue weighted by Crippen LogP contribution is 2.22. The lowest BCUT2D eigenvalue weighted by Gasteiger charge is -2.18. The molecule has 3 aromatic carbocycles. The van der Waals surface area contributed by atoms with Crippen molar-refractivity contribution in [3.8, 4) is 5.75 Å². The molecule has 3 rings (SSSR count). The standard InChI is InChI=1S/C23H21NO3S/c1-17-8-10-18(11-9-17)23(26)24(2)19-12-14-20(15-13-19)27-22(25)16-28-21-6-4-3-5-7-21/h3-15H,16H2,1-2H3. The third-order valence-corrected chi connectivity index (χ3v) is 5.14. The first-order chi connectivity index (χ1) is 13.5. The Bertz CT molecular complexity index is 938. The van der Waals surface area contributed by atoms with E-state index in [1.165, 1.54) is 11.8 Å². The maximum Gasteiger partial charge on any atom is 0.321 e. The second-order valence-electron chi connectivity index (χ2n) is 6.30. The summed E-state index contributed by atoms with van der Waals surface area (Å²) in [5, 5.41) is 0. The van der Waals surface area contributed by atoms with Crippen LogP contribution in [0.3, 0.4) is 0 Å². The van der Waals surface area contributed by atoms with Gasteiger partial charge in [-0.2, -0.15) is 0 Å². The lowest BCUT2D eigenvalue weighted by atomic mass is 10.1. The second kappa shape index (κ2) is 9.24. The number of hydrogen-bond donors (Lipinski definition) is 0. The van der Waals surface area contributed by atoms with Crippen molar-refractivity contribution in [1.29, 1.82) is 0 Å². The van der Waals surface area contributed by atoms with Gasteiger partial charge >= 0.3 is 5.97 Å². The zero-order valence-corrected chi connectivity index (χ0v) is 16.6. The summed E-state index contributed by atoms with van der Waals surface area (Å²) in [5.41, 5.74) is 2.46. The molecule has 0 heterocycles. The molecular formula is C23H21NO3S. The molecule has 0 aliphatic carbocycles. The third-order valence-electron chi connectivity index (χ3n) is 4.16. The van der Waals surface area contributed by atoms with E-state index in [2.05, 4.69) is 0 Å². The van der Waals surface area contributed by atoms with Gasteiger partial charge in [0.15, 0.2) is 0 Å². The molecule has 0 atom stereocenters. The smallest absolute Gasteiger partial charge is 0.321 e. The summed E-state index contributed by atoms with van der Waals surface area (Å²) in [5.74, 6) is 0.283. The van der Waals surface area contributed by atoms with Gasteiger partial charge < -0.3 is 9.64 Å². The molecule has 4 nitrogen and oxygen atoms in total. The van der Waals surface area contributed by atoms with Crippen LogP contribution in [0.15, 0.2) is 83.8 Å². The van der Waals surface area contributed by atoms with Gasteiger partial charge in [0.2, 0.25) is 0 Å². The van der Waals surface area contributed by atoms with Crippen LogP contribution in [0.1, 0.15) is 15.9 Å². The van der Waals surface area contributed by atoms with E-state index >= 15 is 0 Å². The quantitative estimate of drug-likeness (QED) is 0.338. The highest BCUT2D eigenvalue weighted by atomic mass is 32.2. The summed E-state index contributed by atoms with van der Waals surface area (Å²) in [6.45, 7) is 1.98. The number of benzene rings is 3. The molecule has 0 unspecified atom stereocenters. The number of esters is 1. The molecule has 0 aliphatic heterocycles. The van der Waals surface area contributed by atoms with Crippen molar-refractivity contribution in [3.63, 3.8) is 0 Å². The third kappa shape index (κ3) is 5.24. The normalized spacial score (nSPS) is 10.4. The highest BCUT2D eigenvalue weighted by Gasteiger charge is 2.14. The molecule has 0 spiro atoms. The van der Waals surface area contributed by atoms with Gasteiger partial charge in [0.25, 0.3) is 5.91 Å². The maximum absolute atomic E-state index is 12.6. The van der Waals surface area contributed by atoms with Crippen LogP contribution in [0.2, 0.25) is 0 Å². The predicted molar refractivity (Wildman–Crippen MR) is 113 cm³/mol. The van der Waals surface area contributed by atoms with Gasteiger partial charge in [0, 0.05) is 23.2 Å². The van der Waals surface area contributed by atoms with Crippen molar-refractivity contribution in [2.24, 2.45) is 0 Å². The van der Waals surface area contributed by atoms with Crippen LogP contribution in [-0.2, 0) is 4.79 Å². The number of ether oxygens (including phenoxy) is 1. The summed E-state index contributed by atoms with van der Waals surface area (Å²) in [7, 11) is 1.72. The maximum atomic E-state index is 12.6. The summed E-state index contributed by atoms with van der Waals surface area (Å²) in [4.78, 5) is 27.2. The van der Waals surface area contributed by atoms with Gasteiger partial charge in [0.1, 0.15) is 5.75 Å². The second-order valence-corrected chi connectivity index (χ2v) is 7.35. The van der Waals surface area contributed by atoms with E-state index in [9.17, 15) is 9.59 Å². The Hall–Kier alpha value is -3.05. The largest absolute Gasteiger partial charge is 0.426 e. The van der Waals surface area contributed by atoms with E-state index in [4.69, 9.17) is 4.74 Å². The molecule has 0 N–H and O–H groups in total. The van der Waals surface area contributed by atoms with Gasteiger partial charge in [-0.3, -0.25) is 9.59 Å². The van der Waals surface area contributed by atoms with Crippen molar-refractivity contribution in [2.45, 2.75) is 11.8 Å². The Labute approximate surface area is 169 Å². The number of thioether (sulfide) groups is 1. The zero-order valence-electron chi connectivity index (χ0n) is 15.8. The Balaban J connectivity index is 1.57. The van der Waals surface area contributed by atoms with Gasteiger partial charge in [-0.05, 0) is 55.5 Å². The highest BCUT2D eigenvalue weighted by molar-refractivity contribution is 8.00. The molecule has 1 amide bonds. The number of rotatable bonds is 6. The van der Waals surface area contributed by atoms with E-state index in [0.717, 1.165) is 16.1 Å².